The summed E-state index contributed by atoms with van der Waals surface area (Å²) in [6, 6.07) is 17.0. The largest absolute Gasteiger partial charge is 0.268 e. The van der Waals surface area contributed by atoms with Crippen LogP contribution in [0.1, 0.15) is 16.7 Å². The quantitative estimate of drug-likeness (QED) is 0.722. The predicted molar refractivity (Wildman–Crippen MR) is 94.0 cm³/mol. The van der Waals surface area contributed by atoms with Crippen LogP contribution in [0.2, 0.25) is 5.02 Å². The van der Waals surface area contributed by atoms with Gasteiger partial charge in [-0.25, -0.2) is 4.68 Å². The lowest BCUT2D eigenvalue weighted by Gasteiger charge is -2.09. The van der Waals surface area contributed by atoms with Crippen LogP contribution in [0.3, 0.4) is 0 Å². The van der Waals surface area contributed by atoms with Gasteiger partial charge in [-0.05, 0) is 54.8 Å². The molecule has 0 bridgehead atoms. The molecule has 2 aromatic carbocycles. The van der Waals surface area contributed by atoms with Crippen LogP contribution in [0.5, 0.6) is 0 Å². The fraction of sp³-hybridized carbons (Fsp3) is 0.158. The summed E-state index contributed by atoms with van der Waals surface area (Å²) in [6.45, 7) is 4.55. The molecule has 0 unspecified atom stereocenters. The van der Waals surface area contributed by atoms with Gasteiger partial charge in [0, 0.05) is 16.7 Å². The molecule has 3 nitrogen and oxygen atoms in total. The highest BCUT2D eigenvalue weighted by atomic mass is 35.5. The standard InChI is InChI=1S/C19H17ClN2O/c1-13-6-7-16(10-14(13)2)18-8-9-19(23)22(21-18)12-15-4-3-5-17(20)11-15/h3-11H,12H2,1-2H3. The summed E-state index contributed by atoms with van der Waals surface area (Å²) in [5.41, 5.74) is 5.06. The molecular formula is C19H17ClN2O. The van der Waals surface area contributed by atoms with Crippen molar-refractivity contribution < 1.29 is 0 Å². The van der Waals surface area contributed by atoms with E-state index in [0.29, 0.717) is 11.6 Å². The molecule has 4 heteroatoms. The minimum absolute atomic E-state index is 0.127. The van der Waals surface area contributed by atoms with E-state index in [0.717, 1.165) is 16.8 Å². The summed E-state index contributed by atoms with van der Waals surface area (Å²) in [5.74, 6) is 0. The van der Waals surface area contributed by atoms with Crippen molar-refractivity contribution in [2.75, 3.05) is 0 Å². The van der Waals surface area contributed by atoms with Crippen molar-refractivity contribution in [1.29, 1.82) is 0 Å². The van der Waals surface area contributed by atoms with E-state index in [9.17, 15) is 4.79 Å². The summed E-state index contributed by atoms with van der Waals surface area (Å²) in [5, 5.41) is 5.15. The zero-order valence-electron chi connectivity index (χ0n) is 13.1. The highest BCUT2D eigenvalue weighted by molar-refractivity contribution is 6.30. The SMILES string of the molecule is Cc1ccc(-c2ccc(=O)n(Cc3cccc(Cl)c3)n2)cc1C. The van der Waals surface area contributed by atoms with Crippen molar-refractivity contribution >= 4 is 11.6 Å². The molecule has 0 atom stereocenters. The van der Waals surface area contributed by atoms with E-state index < -0.39 is 0 Å². The Labute approximate surface area is 140 Å². The molecule has 0 radical (unpaired) electrons. The molecule has 0 N–H and O–H groups in total. The number of hydrogen-bond acceptors (Lipinski definition) is 2. The van der Waals surface area contributed by atoms with E-state index in [4.69, 9.17) is 11.6 Å². The lowest BCUT2D eigenvalue weighted by molar-refractivity contribution is 0.643. The van der Waals surface area contributed by atoms with Crippen LogP contribution in [0.25, 0.3) is 11.3 Å². The van der Waals surface area contributed by atoms with Gasteiger partial charge in [0.1, 0.15) is 0 Å². The minimum atomic E-state index is -0.127. The van der Waals surface area contributed by atoms with Crippen molar-refractivity contribution in [3.8, 4) is 11.3 Å². The van der Waals surface area contributed by atoms with Crippen molar-refractivity contribution in [2.45, 2.75) is 20.4 Å². The number of rotatable bonds is 3. The summed E-state index contributed by atoms with van der Waals surface area (Å²) in [4.78, 5) is 12.1. The summed E-state index contributed by atoms with van der Waals surface area (Å²) in [6.07, 6.45) is 0. The lowest BCUT2D eigenvalue weighted by atomic mass is 10.0. The molecule has 116 valence electrons. The first kappa shape index (κ1) is 15.5. The van der Waals surface area contributed by atoms with Crippen LogP contribution < -0.4 is 5.56 Å². The Morgan fingerprint density at radius 1 is 1.00 bits per heavy atom. The van der Waals surface area contributed by atoms with E-state index >= 15 is 0 Å². The third-order valence-corrected chi connectivity index (χ3v) is 4.13. The maximum Gasteiger partial charge on any atom is 0.267 e. The van der Waals surface area contributed by atoms with Crippen LogP contribution in [-0.2, 0) is 6.54 Å². The van der Waals surface area contributed by atoms with Crippen LogP contribution in [-0.4, -0.2) is 9.78 Å². The number of aromatic nitrogens is 2. The lowest BCUT2D eigenvalue weighted by Crippen LogP contribution is -2.22. The maximum absolute atomic E-state index is 12.1. The normalized spacial score (nSPS) is 10.7. The van der Waals surface area contributed by atoms with E-state index in [2.05, 4.69) is 31.1 Å². The maximum atomic E-state index is 12.1. The number of benzene rings is 2. The molecule has 0 saturated heterocycles. The van der Waals surface area contributed by atoms with Gasteiger partial charge in [-0.1, -0.05) is 35.9 Å². The molecule has 3 rings (SSSR count). The first-order chi connectivity index (χ1) is 11.0. The van der Waals surface area contributed by atoms with Crippen LogP contribution in [0, 0.1) is 13.8 Å². The fourth-order valence-corrected chi connectivity index (χ4v) is 2.64. The Bertz CT molecular complexity index is 915. The van der Waals surface area contributed by atoms with Crippen LogP contribution in [0.15, 0.2) is 59.4 Å². The van der Waals surface area contributed by atoms with Crippen molar-refractivity contribution in [3.05, 3.63) is 86.7 Å². The number of nitrogens with zero attached hydrogens (tertiary/aromatic N) is 2. The smallest absolute Gasteiger partial charge is 0.267 e. The van der Waals surface area contributed by atoms with Gasteiger partial charge < -0.3 is 0 Å². The van der Waals surface area contributed by atoms with Gasteiger partial charge in [0.25, 0.3) is 5.56 Å². The Morgan fingerprint density at radius 3 is 2.57 bits per heavy atom. The highest BCUT2D eigenvalue weighted by Crippen LogP contribution is 2.19. The van der Waals surface area contributed by atoms with Gasteiger partial charge in [0.15, 0.2) is 0 Å². The van der Waals surface area contributed by atoms with E-state index in [-0.39, 0.29) is 5.56 Å². The van der Waals surface area contributed by atoms with E-state index in [1.54, 1.807) is 12.1 Å². The summed E-state index contributed by atoms with van der Waals surface area (Å²) < 4.78 is 1.47. The van der Waals surface area contributed by atoms with Gasteiger partial charge in [0.05, 0.1) is 12.2 Å². The van der Waals surface area contributed by atoms with Gasteiger partial charge in [-0.2, -0.15) is 5.10 Å². The van der Waals surface area contributed by atoms with E-state index in [1.165, 1.54) is 15.8 Å². The Kier molecular flexibility index (Phi) is 4.30. The second-order valence-corrected chi connectivity index (χ2v) is 6.08. The van der Waals surface area contributed by atoms with Gasteiger partial charge in [-0.3, -0.25) is 4.79 Å². The van der Waals surface area contributed by atoms with Gasteiger partial charge in [0.2, 0.25) is 0 Å². The topological polar surface area (TPSA) is 34.9 Å². The molecule has 0 aliphatic carbocycles. The monoisotopic (exact) mass is 324 g/mol. The highest BCUT2D eigenvalue weighted by Gasteiger charge is 2.06. The second-order valence-electron chi connectivity index (χ2n) is 5.64. The third kappa shape index (κ3) is 3.51. The second kappa shape index (κ2) is 6.39. The molecule has 0 fully saturated rings. The number of aryl methyl sites for hydroxylation is 2. The van der Waals surface area contributed by atoms with Crippen molar-refractivity contribution in [1.82, 2.24) is 9.78 Å². The first-order valence-electron chi connectivity index (χ1n) is 7.43. The average Bonchev–Trinajstić information content (AvgIpc) is 2.52. The molecule has 0 saturated carbocycles. The molecule has 3 aromatic rings. The number of halogens is 1. The molecule has 0 aliphatic heterocycles. The average molecular weight is 325 g/mol. The molecule has 1 aromatic heterocycles. The Balaban J connectivity index is 1.99. The van der Waals surface area contributed by atoms with Gasteiger partial charge in [-0.15, -0.1) is 0 Å². The van der Waals surface area contributed by atoms with E-state index in [1.807, 2.05) is 30.3 Å². The first-order valence-corrected chi connectivity index (χ1v) is 7.81. The molecule has 23 heavy (non-hydrogen) atoms. The van der Waals surface area contributed by atoms with Gasteiger partial charge >= 0.3 is 0 Å². The zero-order chi connectivity index (χ0) is 16.4. The summed E-state index contributed by atoms with van der Waals surface area (Å²) in [7, 11) is 0. The number of hydrogen-bond donors (Lipinski definition) is 0. The fourth-order valence-electron chi connectivity index (χ4n) is 2.43. The van der Waals surface area contributed by atoms with Crippen molar-refractivity contribution in [2.24, 2.45) is 0 Å². The predicted octanol–water partition coefficient (Wildman–Crippen LogP) is 4.23. The molecule has 0 amide bonds. The third-order valence-electron chi connectivity index (χ3n) is 3.89. The molecule has 0 spiro atoms. The molecule has 1 heterocycles. The molecular weight excluding hydrogens is 308 g/mol. The molecule has 0 aliphatic rings. The Hall–Kier alpha value is -2.39. The summed E-state index contributed by atoms with van der Waals surface area (Å²) >= 11 is 6.00. The van der Waals surface area contributed by atoms with Crippen LogP contribution in [0.4, 0.5) is 0 Å². The zero-order valence-corrected chi connectivity index (χ0v) is 13.8. The van der Waals surface area contributed by atoms with Crippen LogP contribution >= 0.6 is 11.6 Å². The minimum Gasteiger partial charge on any atom is -0.268 e. The van der Waals surface area contributed by atoms with Crippen molar-refractivity contribution in [3.63, 3.8) is 0 Å². The Morgan fingerprint density at radius 2 is 1.83 bits per heavy atom.